The molecule has 0 amide bonds. The molecule has 2 heterocycles. The van der Waals surface area contributed by atoms with Gasteiger partial charge in [-0.25, -0.2) is 0 Å². The molecular weight excluding hydrogens is 258 g/mol. The number of piperidine rings is 1. The zero-order valence-electron chi connectivity index (χ0n) is 13.8. The number of rotatable bonds is 4. The van der Waals surface area contributed by atoms with Crippen LogP contribution in [0.15, 0.2) is 24.3 Å². The summed E-state index contributed by atoms with van der Waals surface area (Å²) in [5.74, 6) is 1.83. The summed E-state index contributed by atoms with van der Waals surface area (Å²) in [4.78, 5) is 2.70. The van der Waals surface area contributed by atoms with Gasteiger partial charge in [-0.05, 0) is 63.0 Å². The predicted octanol–water partition coefficient (Wildman–Crippen LogP) is 4.76. The molecule has 0 aliphatic carbocycles. The van der Waals surface area contributed by atoms with Crippen molar-refractivity contribution in [3.05, 3.63) is 29.8 Å². The van der Waals surface area contributed by atoms with Gasteiger partial charge in [-0.2, -0.15) is 0 Å². The van der Waals surface area contributed by atoms with Crippen LogP contribution in [0.1, 0.15) is 57.9 Å². The molecule has 116 valence electrons. The Bertz CT molecular complexity index is 484. The second-order valence-corrected chi connectivity index (χ2v) is 7.35. The lowest BCUT2D eigenvalue weighted by Gasteiger charge is -2.48. The van der Waals surface area contributed by atoms with E-state index < -0.39 is 0 Å². The first-order chi connectivity index (χ1) is 10.1. The van der Waals surface area contributed by atoms with Gasteiger partial charge in [0.25, 0.3) is 0 Å². The number of para-hydroxylation sites is 1. The van der Waals surface area contributed by atoms with Crippen molar-refractivity contribution in [3.63, 3.8) is 0 Å². The summed E-state index contributed by atoms with van der Waals surface area (Å²) in [5.41, 5.74) is 1.66. The summed E-state index contributed by atoms with van der Waals surface area (Å²) in [6.07, 6.45) is 8.13. The molecule has 1 aromatic carbocycles. The molecule has 21 heavy (non-hydrogen) atoms. The van der Waals surface area contributed by atoms with Gasteiger partial charge < -0.3 is 4.74 Å². The molecule has 3 rings (SSSR count). The van der Waals surface area contributed by atoms with Gasteiger partial charge in [-0.15, -0.1) is 0 Å². The van der Waals surface area contributed by atoms with Gasteiger partial charge in [0.05, 0.1) is 0 Å². The molecule has 0 N–H and O–H groups in total. The monoisotopic (exact) mass is 287 g/mol. The third-order valence-electron chi connectivity index (χ3n) is 5.24. The molecule has 2 fully saturated rings. The standard InChI is InChI=1S/C19H29NO/c1-15(2)14-19-11-6-10-18(20(19)13-7-12-19)21-17-9-5-4-8-16(17)3/h4-5,8-9,15,18H,6-7,10-14H2,1-3H3. The summed E-state index contributed by atoms with van der Waals surface area (Å²) < 4.78 is 6.43. The van der Waals surface area contributed by atoms with Crippen molar-refractivity contribution in [1.82, 2.24) is 4.90 Å². The van der Waals surface area contributed by atoms with Crippen LogP contribution in [-0.2, 0) is 0 Å². The van der Waals surface area contributed by atoms with Crippen LogP contribution in [0.5, 0.6) is 5.75 Å². The van der Waals surface area contributed by atoms with Crippen LogP contribution < -0.4 is 4.74 Å². The quantitative estimate of drug-likeness (QED) is 0.791. The molecule has 2 heteroatoms. The van der Waals surface area contributed by atoms with E-state index in [1.54, 1.807) is 0 Å². The van der Waals surface area contributed by atoms with Crippen LogP contribution in [0, 0.1) is 12.8 Å². The third kappa shape index (κ3) is 2.96. The average molecular weight is 287 g/mol. The Morgan fingerprint density at radius 3 is 2.76 bits per heavy atom. The van der Waals surface area contributed by atoms with Gasteiger partial charge in [0, 0.05) is 12.1 Å². The highest BCUT2D eigenvalue weighted by atomic mass is 16.5. The summed E-state index contributed by atoms with van der Waals surface area (Å²) >= 11 is 0. The number of hydrogen-bond acceptors (Lipinski definition) is 2. The first kappa shape index (κ1) is 14.9. The van der Waals surface area contributed by atoms with Gasteiger partial charge in [-0.1, -0.05) is 32.0 Å². The predicted molar refractivity (Wildman–Crippen MR) is 87.6 cm³/mol. The van der Waals surface area contributed by atoms with E-state index in [0.29, 0.717) is 5.54 Å². The number of nitrogens with zero attached hydrogens (tertiary/aromatic N) is 1. The minimum absolute atomic E-state index is 0.279. The molecule has 2 saturated heterocycles. The number of ether oxygens (including phenoxy) is 1. The molecule has 2 unspecified atom stereocenters. The minimum Gasteiger partial charge on any atom is -0.475 e. The molecule has 2 atom stereocenters. The Morgan fingerprint density at radius 1 is 1.24 bits per heavy atom. The summed E-state index contributed by atoms with van der Waals surface area (Å²) in [6, 6.07) is 8.42. The van der Waals surface area contributed by atoms with E-state index in [2.05, 4.69) is 49.9 Å². The van der Waals surface area contributed by atoms with Crippen molar-refractivity contribution < 1.29 is 4.74 Å². The SMILES string of the molecule is Cc1ccccc1OC1CCCC2(CC(C)C)CCCN12. The molecule has 2 aliphatic rings. The fourth-order valence-corrected chi connectivity index (χ4v) is 4.48. The van der Waals surface area contributed by atoms with Crippen LogP contribution in [0.25, 0.3) is 0 Å². The summed E-state index contributed by atoms with van der Waals surface area (Å²) in [6.45, 7) is 8.07. The fourth-order valence-electron chi connectivity index (χ4n) is 4.48. The Kier molecular flexibility index (Phi) is 4.26. The summed E-state index contributed by atoms with van der Waals surface area (Å²) in [7, 11) is 0. The second-order valence-electron chi connectivity index (χ2n) is 7.35. The highest BCUT2D eigenvalue weighted by molar-refractivity contribution is 5.32. The molecule has 2 aliphatic heterocycles. The van der Waals surface area contributed by atoms with Crippen molar-refractivity contribution >= 4 is 0 Å². The van der Waals surface area contributed by atoms with E-state index in [4.69, 9.17) is 4.74 Å². The lowest BCUT2D eigenvalue weighted by atomic mass is 9.79. The Morgan fingerprint density at radius 2 is 2.00 bits per heavy atom. The largest absolute Gasteiger partial charge is 0.475 e. The van der Waals surface area contributed by atoms with Crippen molar-refractivity contribution in [1.29, 1.82) is 0 Å². The summed E-state index contributed by atoms with van der Waals surface area (Å²) in [5, 5.41) is 0. The van der Waals surface area contributed by atoms with E-state index in [1.807, 2.05) is 0 Å². The molecule has 2 nitrogen and oxygen atoms in total. The van der Waals surface area contributed by atoms with E-state index >= 15 is 0 Å². The lowest BCUT2D eigenvalue weighted by molar-refractivity contribution is -0.0720. The van der Waals surface area contributed by atoms with E-state index in [9.17, 15) is 0 Å². The maximum Gasteiger partial charge on any atom is 0.153 e. The maximum absolute atomic E-state index is 6.43. The van der Waals surface area contributed by atoms with Crippen LogP contribution in [0.2, 0.25) is 0 Å². The number of aryl methyl sites for hydroxylation is 1. The molecule has 0 spiro atoms. The maximum atomic E-state index is 6.43. The van der Waals surface area contributed by atoms with Gasteiger partial charge in [0.1, 0.15) is 5.75 Å². The van der Waals surface area contributed by atoms with Crippen molar-refractivity contribution in [2.45, 2.75) is 71.1 Å². The van der Waals surface area contributed by atoms with Crippen molar-refractivity contribution in [3.8, 4) is 5.75 Å². The zero-order valence-corrected chi connectivity index (χ0v) is 13.8. The van der Waals surface area contributed by atoms with Crippen LogP contribution in [0.3, 0.4) is 0 Å². The van der Waals surface area contributed by atoms with Crippen molar-refractivity contribution in [2.24, 2.45) is 5.92 Å². The highest BCUT2D eigenvalue weighted by Crippen LogP contribution is 2.44. The lowest BCUT2D eigenvalue weighted by Crippen LogP contribution is -2.55. The van der Waals surface area contributed by atoms with Gasteiger partial charge in [-0.3, -0.25) is 4.90 Å². The number of fused-ring (bicyclic) bond motifs is 1. The zero-order chi connectivity index (χ0) is 14.9. The molecule has 0 aromatic heterocycles. The molecule has 0 bridgehead atoms. The van der Waals surface area contributed by atoms with Gasteiger partial charge in [0.2, 0.25) is 0 Å². The Hall–Kier alpha value is -1.02. The van der Waals surface area contributed by atoms with E-state index in [1.165, 1.54) is 50.6 Å². The normalized spacial score (nSPS) is 29.6. The van der Waals surface area contributed by atoms with E-state index in [0.717, 1.165) is 11.7 Å². The smallest absolute Gasteiger partial charge is 0.153 e. The first-order valence-electron chi connectivity index (χ1n) is 8.60. The average Bonchev–Trinajstić information content (AvgIpc) is 2.85. The first-order valence-corrected chi connectivity index (χ1v) is 8.60. The Balaban J connectivity index is 1.78. The van der Waals surface area contributed by atoms with Crippen LogP contribution in [-0.4, -0.2) is 23.2 Å². The minimum atomic E-state index is 0.279. The van der Waals surface area contributed by atoms with Crippen molar-refractivity contribution in [2.75, 3.05) is 6.54 Å². The Labute approximate surface area is 129 Å². The second kappa shape index (κ2) is 6.00. The topological polar surface area (TPSA) is 12.5 Å². The fraction of sp³-hybridized carbons (Fsp3) is 0.684. The number of hydrogen-bond donors (Lipinski definition) is 0. The van der Waals surface area contributed by atoms with Crippen LogP contribution in [0.4, 0.5) is 0 Å². The molecular formula is C19H29NO. The molecule has 1 aromatic rings. The third-order valence-corrected chi connectivity index (χ3v) is 5.24. The molecule has 0 saturated carbocycles. The highest BCUT2D eigenvalue weighted by Gasteiger charge is 2.47. The van der Waals surface area contributed by atoms with Gasteiger partial charge >= 0.3 is 0 Å². The van der Waals surface area contributed by atoms with Crippen LogP contribution >= 0.6 is 0 Å². The molecule has 0 radical (unpaired) electrons. The van der Waals surface area contributed by atoms with E-state index in [-0.39, 0.29) is 6.23 Å². The number of benzene rings is 1. The van der Waals surface area contributed by atoms with Gasteiger partial charge in [0.15, 0.2) is 6.23 Å².